The normalized spacial score (nSPS) is 32.6. The van der Waals surface area contributed by atoms with Gasteiger partial charge in [-0.05, 0) is 31.6 Å². The topological polar surface area (TPSA) is 12.5 Å². The van der Waals surface area contributed by atoms with Crippen molar-refractivity contribution in [3.63, 3.8) is 0 Å². The van der Waals surface area contributed by atoms with Gasteiger partial charge in [-0.1, -0.05) is 38.5 Å². The lowest BCUT2D eigenvalue weighted by atomic mass is 9.76. The van der Waals surface area contributed by atoms with Crippen LogP contribution in [-0.2, 0) is 4.74 Å². The second-order valence-electron chi connectivity index (χ2n) is 5.55. The van der Waals surface area contributed by atoms with E-state index in [0.29, 0.717) is 12.2 Å². The van der Waals surface area contributed by atoms with Gasteiger partial charge >= 0.3 is 0 Å². The summed E-state index contributed by atoms with van der Waals surface area (Å²) in [6.45, 7) is 2.22. The first kappa shape index (κ1) is 12.7. The van der Waals surface area contributed by atoms with Crippen molar-refractivity contribution in [2.24, 2.45) is 11.8 Å². The number of alkyl halides is 1. The summed E-state index contributed by atoms with van der Waals surface area (Å²) in [4.78, 5) is 0. The van der Waals surface area contributed by atoms with Gasteiger partial charge in [-0.15, -0.1) is 11.6 Å². The molecule has 1 heterocycles. The van der Waals surface area contributed by atoms with E-state index >= 15 is 0 Å². The van der Waals surface area contributed by atoms with Gasteiger partial charge in [-0.2, -0.15) is 0 Å². The van der Waals surface area contributed by atoms with Crippen LogP contribution in [0.5, 0.6) is 0 Å². The highest BCUT2D eigenvalue weighted by Gasteiger charge is 2.44. The van der Waals surface area contributed by atoms with E-state index in [9.17, 15) is 0 Å². The molecule has 16 heavy (non-hydrogen) atoms. The summed E-state index contributed by atoms with van der Waals surface area (Å²) in [6, 6.07) is 0. The largest absolute Gasteiger partial charge is 0.370 e. The summed E-state index contributed by atoms with van der Waals surface area (Å²) in [5.74, 6) is 2.59. The average molecular weight is 245 g/mol. The van der Waals surface area contributed by atoms with Crippen LogP contribution >= 0.6 is 11.6 Å². The zero-order chi connectivity index (χ0) is 11.4. The van der Waals surface area contributed by atoms with Crippen LogP contribution in [0, 0.1) is 11.8 Å². The van der Waals surface area contributed by atoms with Gasteiger partial charge in [0, 0.05) is 5.88 Å². The molecule has 1 aliphatic heterocycles. The number of epoxide rings is 1. The monoisotopic (exact) mass is 244 g/mol. The maximum atomic E-state index is 5.76. The third kappa shape index (κ3) is 3.37. The number of halogens is 1. The first-order chi connectivity index (χ1) is 7.83. The fourth-order valence-electron chi connectivity index (χ4n) is 3.36. The number of rotatable bonds is 6. The summed E-state index contributed by atoms with van der Waals surface area (Å²) < 4.78 is 5.73. The van der Waals surface area contributed by atoms with Crippen LogP contribution < -0.4 is 0 Å². The van der Waals surface area contributed by atoms with E-state index in [-0.39, 0.29) is 0 Å². The molecule has 0 radical (unpaired) electrons. The Morgan fingerprint density at radius 2 is 1.88 bits per heavy atom. The van der Waals surface area contributed by atoms with Crippen molar-refractivity contribution in [3.8, 4) is 0 Å². The second-order valence-corrected chi connectivity index (χ2v) is 5.93. The van der Waals surface area contributed by atoms with Crippen LogP contribution in [0.1, 0.15) is 58.3 Å². The Hall–Kier alpha value is 0.250. The van der Waals surface area contributed by atoms with Crippen molar-refractivity contribution in [2.45, 2.75) is 70.5 Å². The van der Waals surface area contributed by atoms with Crippen LogP contribution in [0.15, 0.2) is 0 Å². The van der Waals surface area contributed by atoms with E-state index in [1.54, 1.807) is 0 Å². The van der Waals surface area contributed by atoms with E-state index in [1.165, 1.54) is 51.4 Å². The summed E-state index contributed by atoms with van der Waals surface area (Å²) in [7, 11) is 0. The van der Waals surface area contributed by atoms with Crippen molar-refractivity contribution in [1.29, 1.82) is 0 Å². The van der Waals surface area contributed by atoms with Crippen molar-refractivity contribution >= 4 is 11.6 Å². The maximum Gasteiger partial charge on any atom is 0.0869 e. The van der Waals surface area contributed by atoms with Gasteiger partial charge in [0.25, 0.3) is 0 Å². The van der Waals surface area contributed by atoms with Gasteiger partial charge in [0.05, 0.1) is 12.2 Å². The molecule has 2 aliphatic rings. The molecule has 1 saturated heterocycles. The number of unbranched alkanes of at least 4 members (excludes halogenated alkanes) is 1. The van der Waals surface area contributed by atoms with E-state index in [4.69, 9.17) is 16.3 Å². The summed E-state index contributed by atoms with van der Waals surface area (Å²) in [5.41, 5.74) is 0. The first-order valence-corrected chi connectivity index (χ1v) is 7.58. The Morgan fingerprint density at radius 1 is 1.19 bits per heavy atom. The minimum absolute atomic E-state index is 0.530. The zero-order valence-electron chi connectivity index (χ0n) is 10.5. The van der Waals surface area contributed by atoms with Crippen LogP contribution in [0.3, 0.4) is 0 Å². The molecule has 0 aromatic heterocycles. The van der Waals surface area contributed by atoms with Crippen LogP contribution in [0.2, 0.25) is 0 Å². The highest BCUT2D eigenvalue weighted by molar-refractivity contribution is 6.17. The summed E-state index contributed by atoms with van der Waals surface area (Å²) in [6.07, 6.45) is 12.1. The van der Waals surface area contributed by atoms with Gasteiger partial charge in [0.2, 0.25) is 0 Å². The third-order valence-electron chi connectivity index (χ3n) is 4.36. The van der Waals surface area contributed by atoms with Gasteiger partial charge in [-0.3, -0.25) is 0 Å². The molecule has 3 atom stereocenters. The van der Waals surface area contributed by atoms with E-state index in [2.05, 4.69) is 6.92 Å². The Morgan fingerprint density at radius 3 is 2.44 bits per heavy atom. The fourth-order valence-corrected chi connectivity index (χ4v) is 3.55. The lowest BCUT2D eigenvalue weighted by molar-refractivity contribution is 0.186. The summed E-state index contributed by atoms with van der Waals surface area (Å²) in [5, 5.41) is 0. The molecule has 2 fully saturated rings. The molecule has 2 rings (SSSR count). The van der Waals surface area contributed by atoms with E-state index in [0.717, 1.165) is 17.7 Å². The molecule has 94 valence electrons. The van der Waals surface area contributed by atoms with Crippen LogP contribution in [-0.4, -0.2) is 18.1 Å². The minimum atomic E-state index is 0.530. The number of hydrogen-bond acceptors (Lipinski definition) is 1. The Labute approximate surface area is 105 Å². The lowest BCUT2D eigenvalue weighted by Crippen LogP contribution is -2.23. The standard InChI is InChI=1S/C14H25ClO/c1-11-14(16-11)13(9-5-6-10-15)12-7-3-2-4-8-12/h11-14H,2-10H2,1H3. The summed E-state index contributed by atoms with van der Waals surface area (Å²) >= 11 is 5.76. The number of ether oxygens (including phenoxy) is 1. The maximum absolute atomic E-state index is 5.76. The smallest absolute Gasteiger partial charge is 0.0869 e. The van der Waals surface area contributed by atoms with Crippen molar-refractivity contribution in [3.05, 3.63) is 0 Å². The van der Waals surface area contributed by atoms with E-state index in [1.807, 2.05) is 0 Å². The predicted octanol–water partition coefficient (Wildman–Crippen LogP) is 4.38. The molecule has 0 aromatic carbocycles. The Bertz CT molecular complexity index is 201. The molecular formula is C14H25ClO. The van der Waals surface area contributed by atoms with Gasteiger partial charge in [-0.25, -0.2) is 0 Å². The van der Waals surface area contributed by atoms with Crippen molar-refractivity contribution in [2.75, 3.05) is 5.88 Å². The average Bonchev–Trinajstić information content (AvgIpc) is 3.03. The van der Waals surface area contributed by atoms with Gasteiger partial charge in [0.15, 0.2) is 0 Å². The SMILES string of the molecule is CC1OC1C(CCCCCl)C1CCCCC1. The van der Waals surface area contributed by atoms with Gasteiger partial charge < -0.3 is 4.74 Å². The molecule has 0 spiro atoms. The molecule has 1 nitrogen and oxygen atoms in total. The Kier molecular flexibility index (Phi) is 4.97. The molecule has 0 N–H and O–H groups in total. The first-order valence-electron chi connectivity index (χ1n) is 7.04. The van der Waals surface area contributed by atoms with Crippen molar-refractivity contribution < 1.29 is 4.74 Å². The predicted molar refractivity (Wildman–Crippen MR) is 69.0 cm³/mol. The van der Waals surface area contributed by atoms with E-state index < -0.39 is 0 Å². The molecule has 0 bridgehead atoms. The molecule has 2 heteroatoms. The Balaban J connectivity index is 1.81. The third-order valence-corrected chi connectivity index (χ3v) is 4.62. The lowest BCUT2D eigenvalue weighted by Gasteiger charge is -2.29. The van der Waals surface area contributed by atoms with Crippen molar-refractivity contribution in [1.82, 2.24) is 0 Å². The molecule has 0 aromatic rings. The fraction of sp³-hybridized carbons (Fsp3) is 1.00. The van der Waals surface area contributed by atoms with Gasteiger partial charge in [0.1, 0.15) is 0 Å². The highest BCUT2D eigenvalue weighted by Crippen LogP contribution is 2.42. The zero-order valence-corrected chi connectivity index (χ0v) is 11.2. The molecule has 1 saturated carbocycles. The molecular weight excluding hydrogens is 220 g/mol. The minimum Gasteiger partial charge on any atom is -0.370 e. The molecule has 1 aliphatic carbocycles. The van der Waals surface area contributed by atoms with Crippen LogP contribution in [0.4, 0.5) is 0 Å². The molecule has 3 unspecified atom stereocenters. The molecule has 0 amide bonds. The van der Waals surface area contributed by atoms with Crippen LogP contribution in [0.25, 0.3) is 0 Å². The highest BCUT2D eigenvalue weighted by atomic mass is 35.5. The number of hydrogen-bond donors (Lipinski definition) is 0. The quantitative estimate of drug-likeness (QED) is 0.384. The second kappa shape index (κ2) is 6.26.